The van der Waals surface area contributed by atoms with E-state index in [2.05, 4.69) is 4.72 Å². The molecular weight excluding hydrogens is 286 g/mol. The van der Waals surface area contributed by atoms with Crippen LogP contribution in [0.3, 0.4) is 0 Å². The molecule has 1 aromatic rings. The first kappa shape index (κ1) is 16.2. The number of rotatable bonds is 6. The molecule has 0 aliphatic heterocycles. The minimum Gasteiger partial charge on any atom is -0.294 e. The highest BCUT2D eigenvalue weighted by molar-refractivity contribution is 7.89. The minimum absolute atomic E-state index is 0.0455. The number of nitrogens with one attached hydrogen (secondary N) is 1. The average Bonchev–Trinajstić information content (AvgIpc) is 3.00. The highest BCUT2D eigenvalue weighted by Crippen LogP contribution is 2.28. The lowest BCUT2D eigenvalue weighted by Gasteiger charge is -2.20. The Balaban J connectivity index is 2.17. The summed E-state index contributed by atoms with van der Waals surface area (Å²) in [5, 5.41) is 0. The van der Waals surface area contributed by atoms with Gasteiger partial charge in [-0.2, -0.15) is 0 Å². The van der Waals surface area contributed by atoms with Crippen molar-refractivity contribution in [3.8, 4) is 0 Å². The molecule has 4 nitrogen and oxygen atoms in total. The molecule has 1 N–H and O–H groups in total. The van der Waals surface area contributed by atoms with Crippen LogP contribution in [0, 0.1) is 5.92 Å². The fraction of sp³-hybridized carbons (Fsp3) is 0.562. The third-order valence-corrected chi connectivity index (χ3v) is 5.79. The Morgan fingerprint density at radius 2 is 2.00 bits per heavy atom. The van der Waals surface area contributed by atoms with E-state index in [0.29, 0.717) is 17.9 Å². The van der Waals surface area contributed by atoms with E-state index in [-0.39, 0.29) is 16.7 Å². The number of carbonyl (C=O) groups excluding carboxylic acids is 1. The van der Waals surface area contributed by atoms with Gasteiger partial charge in [-0.3, -0.25) is 4.79 Å². The molecule has 0 spiro atoms. The fourth-order valence-electron chi connectivity index (χ4n) is 2.91. The van der Waals surface area contributed by atoms with Gasteiger partial charge in [-0.1, -0.05) is 31.9 Å². The maximum Gasteiger partial charge on any atom is 0.240 e. The summed E-state index contributed by atoms with van der Waals surface area (Å²) in [5.41, 5.74) is 0.453. The normalized spacial score (nSPS) is 17.8. The molecule has 0 heterocycles. The van der Waals surface area contributed by atoms with Gasteiger partial charge in [-0.05, 0) is 37.8 Å². The molecule has 0 bridgehead atoms. The Kier molecular flexibility index (Phi) is 5.17. The number of benzene rings is 1. The average molecular weight is 309 g/mol. The Bertz CT molecular complexity index is 604. The predicted octanol–water partition coefficient (Wildman–Crippen LogP) is 3.14. The molecule has 0 aromatic heterocycles. The molecule has 0 radical (unpaired) electrons. The highest BCUT2D eigenvalue weighted by Gasteiger charge is 2.26. The zero-order chi connectivity index (χ0) is 15.5. The maximum absolute atomic E-state index is 12.4. The molecule has 5 heteroatoms. The van der Waals surface area contributed by atoms with Crippen LogP contribution in [0.1, 0.15) is 56.3 Å². The molecular formula is C16H23NO3S. The van der Waals surface area contributed by atoms with Crippen molar-refractivity contribution >= 4 is 15.8 Å². The van der Waals surface area contributed by atoms with Crippen molar-refractivity contribution in [3.05, 3.63) is 29.8 Å². The Morgan fingerprint density at radius 1 is 1.33 bits per heavy atom. The van der Waals surface area contributed by atoms with Crippen LogP contribution in [-0.2, 0) is 10.0 Å². The van der Waals surface area contributed by atoms with Gasteiger partial charge in [0.1, 0.15) is 0 Å². The van der Waals surface area contributed by atoms with E-state index < -0.39 is 10.0 Å². The summed E-state index contributed by atoms with van der Waals surface area (Å²) in [5.74, 6) is 0.371. The van der Waals surface area contributed by atoms with E-state index >= 15 is 0 Å². The van der Waals surface area contributed by atoms with Crippen LogP contribution < -0.4 is 4.72 Å². The molecule has 1 aliphatic rings. The number of ketones is 1. The van der Waals surface area contributed by atoms with Crippen LogP contribution >= 0.6 is 0 Å². The zero-order valence-corrected chi connectivity index (χ0v) is 13.4. The van der Waals surface area contributed by atoms with Gasteiger partial charge in [0.2, 0.25) is 10.0 Å². The molecule has 1 aromatic carbocycles. The Hall–Kier alpha value is -1.20. The second-order valence-electron chi connectivity index (χ2n) is 5.76. The molecule has 0 amide bonds. The summed E-state index contributed by atoms with van der Waals surface area (Å²) in [6.45, 7) is 3.69. The summed E-state index contributed by atoms with van der Waals surface area (Å²) in [7, 11) is -3.56. The van der Waals surface area contributed by atoms with E-state index in [0.717, 1.165) is 12.8 Å². The van der Waals surface area contributed by atoms with Crippen molar-refractivity contribution in [1.82, 2.24) is 4.72 Å². The van der Waals surface area contributed by atoms with Crippen molar-refractivity contribution in [2.45, 2.75) is 56.9 Å². The maximum atomic E-state index is 12.4. The van der Waals surface area contributed by atoms with Gasteiger partial charge in [0.05, 0.1) is 4.90 Å². The monoisotopic (exact) mass is 309 g/mol. The van der Waals surface area contributed by atoms with Crippen LogP contribution in [0.4, 0.5) is 0 Å². The standard InChI is InChI=1S/C16H23NO3S/c1-3-16(18)14-9-6-10-15(11-14)21(19,20)17-12(2)13-7-4-5-8-13/h6,9-13,17H,3-5,7-8H2,1-2H3. The van der Waals surface area contributed by atoms with Gasteiger partial charge in [0.15, 0.2) is 5.78 Å². The molecule has 21 heavy (non-hydrogen) atoms. The molecule has 0 saturated heterocycles. The number of Topliss-reactive ketones (excluding diaryl/α,β-unsaturated/α-hetero) is 1. The summed E-state index contributed by atoms with van der Waals surface area (Å²) >= 11 is 0. The second kappa shape index (κ2) is 6.71. The first-order chi connectivity index (χ1) is 9.94. The van der Waals surface area contributed by atoms with Gasteiger partial charge in [0.25, 0.3) is 0 Å². The Labute approximate surface area is 127 Å². The molecule has 2 rings (SSSR count). The first-order valence-corrected chi connectivity index (χ1v) is 9.08. The zero-order valence-electron chi connectivity index (χ0n) is 12.6. The molecule has 1 saturated carbocycles. The Morgan fingerprint density at radius 3 is 2.62 bits per heavy atom. The van der Waals surface area contributed by atoms with Crippen LogP contribution in [0.5, 0.6) is 0 Å². The molecule has 1 aliphatic carbocycles. The fourth-order valence-corrected chi connectivity index (χ4v) is 4.27. The van der Waals surface area contributed by atoms with Crippen molar-refractivity contribution in [2.75, 3.05) is 0 Å². The van der Waals surface area contributed by atoms with Gasteiger partial charge in [-0.15, -0.1) is 0 Å². The summed E-state index contributed by atoms with van der Waals surface area (Å²) in [4.78, 5) is 11.9. The van der Waals surface area contributed by atoms with E-state index in [4.69, 9.17) is 0 Å². The van der Waals surface area contributed by atoms with Gasteiger partial charge < -0.3 is 0 Å². The molecule has 1 unspecified atom stereocenters. The van der Waals surface area contributed by atoms with E-state index in [1.807, 2.05) is 6.92 Å². The van der Waals surface area contributed by atoms with Crippen LogP contribution in [0.15, 0.2) is 29.2 Å². The van der Waals surface area contributed by atoms with Crippen molar-refractivity contribution in [1.29, 1.82) is 0 Å². The lowest BCUT2D eigenvalue weighted by atomic mass is 10.0. The van der Waals surface area contributed by atoms with E-state index in [1.165, 1.54) is 25.0 Å². The third kappa shape index (κ3) is 3.92. The minimum atomic E-state index is -3.56. The number of hydrogen-bond acceptors (Lipinski definition) is 3. The van der Waals surface area contributed by atoms with Crippen molar-refractivity contribution in [2.24, 2.45) is 5.92 Å². The lowest BCUT2D eigenvalue weighted by Crippen LogP contribution is -2.37. The van der Waals surface area contributed by atoms with Crippen molar-refractivity contribution in [3.63, 3.8) is 0 Å². The second-order valence-corrected chi connectivity index (χ2v) is 7.47. The summed E-state index contributed by atoms with van der Waals surface area (Å²) in [6, 6.07) is 6.22. The number of hydrogen-bond donors (Lipinski definition) is 1. The largest absolute Gasteiger partial charge is 0.294 e. The number of carbonyl (C=O) groups is 1. The molecule has 1 fully saturated rings. The topological polar surface area (TPSA) is 63.2 Å². The number of sulfonamides is 1. The van der Waals surface area contributed by atoms with Crippen LogP contribution in [0.25, 0.3) is 0 Å². The first-order valence-electron chi connectivity index (χ1n) is 7.59. The van der Waals surface area contributed by atoms with Gasteiger partial charge in [-0.25, -0.2) is 13.1 Å². The predicted molar refractivity (Wildman–Crippen MR) is 82.8 cm³/mol. The third-order valence-electron chi connectivity index (χ3n) is 4.24. The van der Waals surface area contributed by atoms with E-state index in [1.54, 1.807) is 19.1 Å². The smallest absolute Gasteiger partial charge is 0.240 e. The highest BCUT2D eigenvalue weighted by atomic mass is 32.2. The lowest BCUT2D eigenvalue weighted by molar-refractivity contribution is 0.0988. The van der Waals surface area contributed by atoms with Crippen LogP contribution in [-0.4, -0.2) is 20.2 Å². The van der Waals surface area contributed by atoms with Gasteiger partial charge in [0, 0.05) is 18.0 Å². The summed E-state index contributed by atoms with van der Waals surface area (Å²) in [6.07, 6.45) is 4.89. The quantitative estimate of drug-likeness (QED) is 0.821. The molecule has 1 atom stereocenters. The van der Waals surface area contributed by atoms with Gasteiger partial charge >= 0.3 is 0 Å². The van der Waals surface area contributed by atoms with E-state index in [9.17, 15) is 13.2 Å². The van der Waals surface area contributed by atoms with Crippen molar-refractivity contribution < 1.29 is 13.2 Å². The summed E-state index contributed by atoms with van der Waals surface area (Å²) < 4.78 is 27.6. The SMILES string of the molecule is CCC(=O)c1cccc(S(=O)(=O)NC(C)C2CCCC2)c1. The molecule has 116 valence electrons. The van der Waals surface area contributed by atoms with Crippen LogP contribution in [0.2, 0.25) is 0 Å².